The summed E-state index contributed by atoms with van der Waals surface area (Å²) in [5.41, 5.74) is 2.41. The van der Waals surface area contributed by atoms with Crippen LogP contribution in [0.3, 0.4) is 0 Å². The van der Waals surface area contributed by atoms with Crippen LogP contribution in [0.5, 0.6) is 0 Å². The molecule has 156 valence electrons. The van der Waals surface area contributed by atoms with E-state index in [2.05, 4.69) is 11.9 Å². The number of carbonyl (C=O) groups is 3. The Morgan fingerprint density at radius 2 is 2.00 bits per heavy atom. The van der Waals surface area contributed by atoms with E-state index in [1.54, 1.807) is 9.80 Å². The molecule has 2 unspecified atom stereocenters. The number of hydrogen-bond donors (Lipinski definition) is 2. The number of rotatable bonds is 5. The molecule has 0 aromatic heterocycles. The Hall–Kier alpha value is -2.83. The first-order valence-electron chi connectivity index (χ1n) is 9.94. The lowest BCUT2D eigenvalue weighted by molar-refractivity contribution is -0.141. The maximum atomic E-state index is 12.9. The van der Waals surface area contributed by atoms with E-state index in [0.29, 0.717) is 19.5 Å². The van der Waals surface area contributed by atoms with E-state index in [1.807, 2.05) is 45.0 Å². The van der Waals surface area contributed by atoms with Crippen LogP contribution in [-0.4, -0.2) is 58.5 Å². The van der Waals surface area contributed by atoms with E-state index in [-0.39, 0.29) is 30.9 Å². The normalized spacial score (nSPS) is 22.1. The minimum absolute atomic E-state index is 0.0458. The Bertz CT molecular complexity index is 848. The molecule has 0 saturated carbocycles. The highest BCUT2D eigenvalue weighted by Gasteiger charge is 2.41. The molecule has 0 aliphatic carbocycles. The predicted molar refractivity (Wildman–Crippen MR) is 110 cm³/mol. The van der Waals surface area contributed by atoms with Crippen LogP contribution in [0, 0.1) is 5.92 Å². The summed E-state index contributed by atoms with van der Waals surface area (Å²) in [6, 6.07) is 7.66. The molecule has 2 saturated heterocycles. The molecular weight excluding hydrogens is 370 g/mol. The quantitative estimate of drug-likeness (QED) is 0.797. The van der Waals surface area contributed by atoms with Crippen molar-refractivity contribution in [1.82, 2.24) is 15.1 Å². The van der Waals surface area contributed by atoms with Crippen molar-refractivity contribution in [1.29, 1.82) is 0 Å². The van der Waals surface area contributed by atoms with Crippen LogP contribution in [-0.2, 0) is 15.1 Å². The number of benzene rings is 1. The van der Waals surface area contributed by atoms with Crippen molar-refractivity contribution in [2.75, 3.05) is 19.6 Å². The lowest BCUT2D eigenvalue weighted by Gasteiger charge is -2.31. The summed E-state index contributed by atoms with van der Waals surface area (Å²) in [6.45, 7) is 11.0. The third kappa shape index (κ3) is 4.44. The molecule has 2 atom stereocenters. The summed E-state index contributed by atoms with van der Waals surface area (Å²) >= 11 is 0. The zero-order valence-electron chi connectivity index (χ0n) is 17.3. The average Bonchev–Trinajstić information content (AvgIpc) is 3.28. The van der Waals surface area contributed by atoms with Crippen LogP contribution in [0.25, 0.3) is 5.57 Å². The second-order valence-corrected chi connectivity index (χ2v) is 8.59. The number of carbonyl (C=O) groups excluding carboxylic acids is 2. The monoisotopic (exact) mass is 399 g/mol. The molecule has 7 nitrogen and oxygen atoms in total. The second kappa shape index (κ2) is 7.89. The van der Waals surface area contributed by atoms with Crippen LogP contribution >= 0.6 is 0 Å². The zero-order chi connectivity index (χ0) is 21.3. The minimum Gasteiger partial charge on any atom is -0.481 e. The number of urea groups is 1. The van der Waals surface area contributed by atoms with Gasteiger partial charge in [0.1, 0.15) is 0 Å². The first-order chi connectivity index (χ1) is 13.6. The molecule has 0 spiro atoms. The molecule has 2 heterocycles. The number of nitrogens with one attached hydrogen (secondary N) is 1. The number of aliphatic carboxylic acids is 1. The Kier molecular flexibility index (Phi) is 5.68. The highest BCUT2D eigenvalue weighted by molar-refractivity contribution is 5.86. The molecule has 1 aromatic rings. The van der Waals surface area contributed by atoms with Gasteiger partial charge in [-0.25, -0.2) is 4.79 Å². The first-order valence-corrected chi connectivity index (χ1v) is 9.94. The fraction of sp³-hybridized carbons (Fsp3) is 0.500. The Balaban J connectivity index is 1.63. The van der Waals surface area contributed by atoms with Crippen LogP contribution < -0.4 is 5.32 Å². The summed E-state index contributed by atoms with van der Waals surface area (Å²) < 4.78 is 0. The smallest absolute Gasteiger partial charge is 0.318 e. The van der Waals surface area contributed by atoms with Gasteiger partial charge >= 0.3 is 12.0 Å². The van der Waals surface area contributed by atoms with Crippen molar-refractivity contribution < 1.29 is 19.5 Å². The molecule has 2 fully saturated rings. The Morgan fingerprint density at radius 3 is 2.62 bits per heavy atom. The number of carboxylic acid groups (broad SMARTS) is 1. The highest BCUT2D eigenvalue weighted by Crippen LogP contribution is 2.27. The molecular formula is C22H29N3O4. The van der Waals surface area contributed by atoms with Crippen molar-refractivity contribution >= 4 is 23.5 Å². The van der Waals surface area contributed by atoms with Gasteiger partial charge in [-0.15, -0.1) is 0 Å². The third-order valence-electron chi connectivity index (χ3n) is 5.90. The zero-order valence-corrected chi connectivity index (χ0v) is 17.3. The minimum atomic E-state index is -0.938. The van der Waals surface area contributed by atoms with Crippen molar-refractivity contribution in [2.24, 2.45) is 5.92 Å². The number of carboxylic acids is 1. The summed E-state index contributed by atoms with van der Waals surface area (Å²) in [5.74, 6) is -1.72. The van der Waals surface area contributed by atoms with Gasteiger partial charge in [-0.2, -0.15) is 0 Å². The second-order valence-electron chi connectivity index (χ2n) is 8.59. The number of allylic oxidation sites excluding steroid dienone is 1. The van der Waals surface area contributed by atoms with Crippen molar-refractivity contribution in [3.05, 3.63) is 42.0 Å². The van der Waals surface area contributed by atoms with Gasteiger partial charge in [0, 0.05) is 26.1 Å². The van der Waals surface area contributed by atoms with E-state index in [1.165, 1.54) is 0 Å². The van der Waals surface area contributed by atoms with E-state index >= 15 is 0 Å². The lowest BCUT2D eigenvalue weighted by atomic mass is 9.92. The van der Waals surface area contributed by atoms with Gasteiger partial charge in [0.05, 0.1) is 17.5 Å². The summed E-state index contributed by atoms with van der Waals surface area (Å²) in [4.78, 5) is 39.6. The summed E-state index contributed by atoms with van der Waals surface area (Å²) in [7, 11) is 0. The largest absolute Gasteiger partial charge is 0.481 e. The van der Waals surface area contributed by atoms with Crippen molar-refractivity contribution in [3.63, 3.8) is 0 Å². The fourth-order valence-electron chi connectivity index (χ4n) is 4.02. The van der Waals surface area contributed by atoms with Gasteiger partial charge < -0.3 is 20.2 Å². The van der Waals surface area contributed by atoms with Crippen LogP contribution in [0.2, 0.25) is 0 Å². The number of amides is 3. The molecule has 2 N–H and O–H groups in total. The maximum Gasteiger partial charge on any atom is 0.318 e. The molecule has 0 radical (unpaired) electrons. The molecule has 7 heteroatoms. The molecule has 1 aromatic carbocycles. The number of likely N-dealkylation sites (tertiary alicyclic amines) is 2. The van der Waals surface area contributed by atoms with Gasteiger partial charge in [-0.1, -0.05) is 30.4 Å². The summed E-state index contributed by atoms with van der Waals surface area (Å²) in [6.07, 6.45) is 0.710. The molecule has 2 aliphatic heterocycles. The van der Waals surface area contributed by atoms with Gasteiger partial charge in [-0.3, -0.25) is 9.59 Å². The molecule has 3 amide bonds. The molecule has 2 aliphatic rings. The van der Waals surface area contributed by atoms with Gasteiger partial charge in [-0.05, 0) is 44.4 Å². The van der Waals surface area contributed by atoms with Crippen LogP contribution in [0.4, 0.5) is 4.79 Å². The van der Waals surface area contributed by atoms with Crippen molar-refractivity contribution in [2.45, 2.75) is 45.2 Å². The Morgan fingerprint density at radius 1 is 1.28 bits per heavy atom. The number of nitrogens with zero attached hydrogens (tertiary/aromatic N) is 2. The maximum absolute atomic E-state index is 12.9. The predicted octanol–water partition coefficient (Wildman–Crippen LogP) is 2.67. The summed E-state index contributed by atoms with van der Waals surface area (Å²) in [5, 5.41) is 12.3. The van der Waals surface area contributed by atoms with E-state index in [9.17, 15) is 14.4 Å². The van der Waals surface area contributed by atoms with E-state index < -0.39 is 17.4 Å². The van der Waals surface area contributed by atoms with Crippen LogP contribution in [0.1, 0.15) is 44.7 Å². The topological polar surface area (TPSA) is 90.0 Å². The van der Waals surface area contributed by atoms with Crippen LogP contribution in [0.15, 0.2) is 30.8 Å². The first kappa shape index (κ1) is 20.9. The molecule has 0 bridgehead atoms. The Labute approximate surface area is 171 Å². The van der Waals surface area contributed by atoms with Gasteiger partial charge in [0.25, 0.3) is 0 Å². The van der Waals surface area contributed by atoms with Gasteiger partial charge in [0.15, 0.2) is 0 Å². The SMILES string of the molecule is C=C(C)c1cccc(C(C)(C)NC(=O)N2CCC(N3CC(C(=O)O)CC3=O)C2)c1. The van der Waals surface area contributed by atoms with Crippen molar-refractivity contribution in [3.8, 4) is 0 Å². The molecule has 29 heavy (non-hydrogen) atoms. The number of hydrogen-bond acceptors (Lipinski definition) is 3. The third-order valence-corrected chi connectivity index (χ3v) is 5.90. The fourth-order valence-corrected chi connectivity index (χ4v) is 4.02. The average molecular weight is 399 g/mol. The standard InChI is InChI=1S/C22H29N3O4/c1-14(2)15-6-5-7-17(10-15)22(3,4)23-21(29)24-9-8-18(13-24)25-12-16(20(27)28)11-19(25)26/h5-7,10,16,18H,1,8-9,11-13H2,2-4H3,(H,23,29)(H,27,28). The van der Waals surface area contributed by atoms with E-state index in [4.69, 9.17) is 5.11 Å². The highest BCUT2D eigenvalue weighted by atomic mass is 16.4. The van der Waals surface area contributed by atoms with Gasteiger partial charge in [0.2, 0.25) is 5.91 Å². The molecule has 3 rings (SSSR count). The van der Waals surface area contributed by atoms with E-state index in [0.717, 1.165) is 16.7 Å². The lowest BCUT2D eigenvalue weighted by Crippen LogP contribution is -2.49.